The zero-order valence-corrected chi connectivity index (χ0v) is 17.5. The maximum absolute atomic E-state index is 13.2. The van der Waals surface area contributed by atoms with Crippen LogP contribution in [0.2, 0.25) is 0 Å². The molecule has 5 nitrogen and oxygen atoms in total. The maximum atomic E-state index is 13.2. The van der Waals surface area contributed by atoms with Gasteiger partial charge in [0.15, 0.2) is 6.61 Å². The molecule has 3 aromatic carbocycles. The first kappa shape index (κ1) is 21.4. The van der Waals surface area contributed by atoms with E-state index in [1.807, 2.05) is 86.6 Å². The van der Waals surface area contributed by atoms with E-state index in [0.717, 1.165) is 16.3 Å². The second kappa shape index (κ2) is 10.4. The average Bonchev–Trinajstić information content (AvgIpc) is 2.78. The normalized spacial score (nSPS) is 11.7. The lowest BCUT2D eigenvalue weighted by Crippen LogP contribution is -2.50. The first-order valence-electron chi connectivity index (χ1n) is 10.4. The van der Waals surface area contributed by atoms with E-state index in [-0.39, 0.29) is 18.4 Å². The minimum atomic E-state index is -0.547. The molecule has 1 N–H and O–H groups in total. The van der Waals surface area contributed by atoms with E-state index in [2.05, 4.69) is 5.32 Å². The summed E-state index contributed by atoms with van der Waals surface area (Å²) >= 11 is 0. The monoisotopic (exact) mass is 404 g/mol. The van der Waals surface area contributed by atoms with E-state index in [1.165, 1.54) is 0 Å². The van der Waals surface area contributed by atoms with Crippen LogP contribution in [0.5, 0.6) is 5.75 Å². The third-order valence-corrected chi connectivity index (χ3v) is 5.03. The second-order valence-corrected chi connectivity index (χ2v) is 7.09. The van der Waals surface area contributed by atoms with Gasteiger partial charge < -0.3 is 15.0 Å². The van der Waals surface area contributed by atoms with E-state index < -0.39 is 6.04 Å². The molecule has 5 heteroatoms. The fourth-order valence-electron chi connectivity index (χ4n) is 3.54. The van der Waals surface area contributed by atoms with Gasteiger partial charge in [0.25, 0.3) is 5.91 Å². The number of nitrogens with one attached hydrogen (secondary N) is 1. The minimum Gasteiger partial charge on any atom is -0.483 e. The predicted octanol–water partition coefficient (Wildman–Crippen LogP) is 4.16. The zero-order chi connectivity index (χ0) is 21.3. The molecule has 156 valence electrons. The van der Waals surface area contributed by atoms with Gasteiger partial charge in [0.05, 0.1) is 0 Å². The van der Waals surface area contributed by atoms with Crippen molar-refractivity contribution < 1.29 is 14.3 Å². The largest absolute Gasteiger partial charge is 0.483 e. The lowest BCUT2D eigenvalue weighted by molar-refractivity contribution is -0.142. The van der Waals surface area contributed by atoms with Crippen LogP contribution in [0.25, 0.3) is 10.8 Å². The van der Waals surface area contributed by atoms with E-state index in [9.17, 15) is 9.59 Å². The summed E-state index contributed by atoms with van der Waals surface area (Å²) in [4.78, 5) is 27.4. The number of rotatable bonds is 9. The standard InChI is InChI=1S/C25H28N2O3/c1-3-22(25(29)26-4-2)27(17-19-11-6-5-7-12-19)24(28)18-30-23-16-10-14-20-13-8-9-15-21(20)23/h5-16,22H,3-4,17-18H2,1-2H3,(H,26,29)/t22-/m1/s1. The van der Waals surface area contributed by atoms with Gasteiger partial charge in [0.1, 0.15) is 11.8 Å². The number of carbonyl (C=O) groups excluding carboxylic acids is 2. The van der Waals surface area contributed by atoms with Gasteiger partial charge in [0, 0.05) is 18.5 Å². The fraction of sp³-hybridized carbons (Fsp3) is 0.280. The van der Waals surface area contributed by atoms with E-state index >= 15 is 0 Å². The van der Waals surface area contributed by atoms with Gasteiger partial charge in [-0.25, -0.2) is 0 Å². The third-order valence-electron chi connectivity index (χ3n) is 5.03. The Bertz CT molecular complexity index is 983. The highest BCUT2D eigenvalue weighted by molar-refractivity contribution is 5.90. The summed E-state index contributed by atoms with van der Waals surface area (Å²) in [5, 5.41) is 4.85. The molecule has 0 heterocycles. The highest BCUT2D eigenvalue weighted by Crippen LogP contribution is 2.25. The van der Waals surface area contributed by atoms with Crippen molar-refractivity contribution in [3.05, 3.63) is 78.4 Å². The summed E-state index contributed by atoms with van der Waals surface area (Å²) < 4.78 is 5.91. The van der Waals surface area contributed by atoms with Crippen LogP contribution >= 0.6 is 0 Å². The van der Waals surface area contributed by atoms with Gasteiger partial charge in [-0.2, -0.15) is 0 Å². The molecule has 1 atom stereocenters. The molecule has 0 unspecified atom stereocenters. The molecule has 0 radical (unpaired) electrons. The van der Waals surface area contributed by atoms with Gasteiger partial charge in [-0.05, 0) is 30.4 Å². The number of hydrogen-bond donors (Lipinski definition) is 1. The van der Waals surface area contributed by atoms with E-state index in [1.54, 1.807) is 4.90 Å². The first-order valence-corrected chi connectivity index (χ1v) is 10.4. The molecule has 0 saturated carbocycles. The van der Waals surface area contributed by atoms with Crippen molar-refractivity contribution >= 4 is 22.6 Å². The Morgan fingerprint density at radius 1 is 0.933 bits per heavy atom. The molecule has 0 aromatic heterocycles. The van der Waals surface area contributed by atoms with Crippen LogP contribution in [0.3, 0.4) is 0 Å². The van der Waals surface area contributed by atoms with Crippen molar-refractivity contribution in [1.29, 1.82) is 0 Å². The fourth-order valence-corrected chi connectivity index (χ4v) is 3.54. The number of hydrogen-bond acceptors (Lipinski definition) is 3. The average molecular weight is 405 g/mol. The molecule has 3 rings (SSSR count). The van der Waals surface area contributed by atoms with E-state index in [0.29, 0.717) is 25.3 Å². The lowest BCUT2D eigenvalue weighted by Gasteiger charge is -2.30. The number of ether oxygens (including phenoxy) is 1. The topological polar surface area (TPSA) is 58.6 Å². The molecule has 30 heavy (non-hydrogen) atoms. The highest BCUT2D eigenvalue weighted by atomic mass is 16.5. The SMILES string of the molecule is CCNC(=O)[C@@H](CC)N(Cc1ccccc1)C(=O)COc1cccc2ccccc12. The predicted molar refractivity (Wildman–Crippen MR) is 119 cm³/mol. The second-order valence-electron chi connectivity index (χ2n) is 7.09. The summed E-state index contributed by atoms with van der Waals surface area (Å²) in [7, 11) is 0. The molecule has 3 aromatic rings. The molecule has 0 saturated heterocycles. The number of fused-ring (bicyclic) bond motifs is 1. The quantitative estimate of drug-likeness (QED) is 0.583. The van der Waals surface area contributed by atoms with Crippen LogP contribution in [-0.2, 0) is 16.1 Å². The number of amides is 2. The van der Waals surface area contributed by atoms with Crippen molar-refractivity contribution in [3.8, 4) is 5.75 Å². The maximum Gasteiger partial charge on any atom is 0.261 e. The Hall–Kier alpha value is -3.34. The van der Waals surface area contributed by atoms with Crippen LogP contribution in [0.15, 0.2) is 72.8 Å². The molecule has 0 spiro atoms. The molecule has 0 bridgehead atoms. The molecule has 0 fully saturated rings. The highest BCUT2D eigenvalue weighted by Gasteiger charge is 2.28. The summed E-state index contributed by atoms with van der Waals surface area (Å²) in [6.07, 6.45) is 0.526. The number of benzene rings is 3. The van der Waals surface area contributed by atoms with Crippen LogP contribution in [-0.4, -0.2) is 35.9 Å². The summed E-state index contributed by atoms with van der Waals surface area (Å²) in [6, 6.07) is 22.8. The zero-order valence-electron chi connectivity index (χ0n) is 17.5. The summed E-state index contributed by atoms with van der Waals surface area (Å²) in [5.74, 6) is 0.298. The Labute approximate surface area is 177 Å². The minimum absolute atomic E-state index is 0.128. The van der Waals surface area contributed by atoms with Crippen molar-refractivity contribution in [3.63, 3.8) is 0 Å². The van der Waals surface area contributed by atoms with Crippen LogP contribution in [0.4, 0.5) is 0 Å². The first-order chi connectivity index (χ1) is 14.6. The van der Waals surface area contributed by atoms with Crippen LogP contribution in [0.1, 0.15) is 25.8 Å². The van der Waals surface area contributed by atoms with Crippen LogP contribution < -0.4 is 10.1 Å². The number of carbonyl (C=O) groups is 2. The molecule has 0 aliphatic heterocycles. The third kappa shape index (κ3) is 5.17. The molecular weight excluding hydrogens is 376 g/mol. The molecule has 0 aliphatic carbocycles. The van der Waals surface area contributed by atoms with Gasteiger partial charge >= 0.3 is 0 Å². The van der Waals surface area contributed by atoms with Gasteiger partial charge in [0.2, 0.25) is 5.91 Å². The Morgan fingerprint density at radius 3 is 2.37 bits per heavy atom. The molecule has 0 aliphatic rings. The Morgan fingerprint density at radius 2 is 1.63 bits per heavy atom. The van der Waals surface area contributed by atoms with Gasteiger partial charge in [-0.3, -0.25) is 9.59 Å². The number of nitrogens with zero attached hydrogens (tertiary/aromatic N) is 1. The summed E-state index contributed by atoms with van der Waals surface area (Å²) in [6.45, 7) is 4.54. The van der Waals surface area contributed by atoms with Crippen molar-refractivity contribution in [2.75, 3.05) is 13.2 Å². The lowest BCUT2D eigenvalue weighted by atomic mass is 10.1. The summed E-state index contributed by atoms with van der Waals surface area (Å²) in [5.41, 5.74) is 0.971. The molecule has 2 amide bonds. The Balaban J connectivity index is 1.80. The van der Waals surface area contributed by atoms with Crippen molar-refractivity contribution in [2.24, 2.45) is 0 Å². The van der Waals surface area contributed by atoms with E-state index in [4.69, 9.17) is 4.74 Å². The Kier molecular flexibility index (Phi) is 7.44. The van der Waals surface area contributed by atoms with Crippen molar-refractivity contribution in [1.82, 2.24) is 10.2 Å². The number of likely N-dealkylation sites (N-methyl/N-ethyl adjacent to an activating group) is 1. The smallest absolute Gasteiger partial charge is 0.261 e. The van der Waals surface area contributed by atoms with Crippen molar-refractivity contribution in [2.45, 2.75) is 32.9 Å². The van der Waals surface area contributed by atoms with Gasteiger partial charge in [-0.1, -0.05) is 73.7 Å². The van der Waals surface area contributed by atoms with Crippen LogP contribution in [0, 0.1) is 0 Å². The molecular formula is C25H28N2O3. The van der Waals surface area contributed by atoms with Gasteiger partial charge in [-0.15, -0.1) is 0 Å².